The van der Waals surface area contributed by atoms with E-state index in [-0.39, 0.29) is 0 Å². The minimum Gasteiger partial charge on any atom is -0.309 e. The summed E-state index contributed by atoms with van der Waals surface area (Å²) in [6, 6.07) is 64.8. The summed E-state index contributed by atoms with van der Waals surface area (Å²) in [6.45, 7) is 0. The number of para-hydroxylation sites is 5. The van der Waals surface area contributed by atoms with Crippen molar-refractivity contribution in [1.29, 1.82) is 0 Å². The molecule has 3 heteroatoms. The molecule has 0 spiro atoms. The van der Waals surface area contributed by atoms with Crippen molar-refractivity contribution in [2.45, 2.75) is 0 Å². The van der Waals surface area contributed by atoms with Gasteiger partial charge in [-0.15, -0.1) is 0 Å². The van der Waals surface area contributed by atoms with Crippen molar-refractivity contribution in [3.8, 4) is 16.8 Å². The molecule has 0 aliphatic heterocycles. The quantitative estimate of drug-likeness (QED) is 0.177. The molecule has 0 atom stereocenters. The second-order valence-electron chi connectivity index (χ2n) is 13.7. The minimum atomic E-state index is 1.15. The highest BCUT2D eigenvalue weighted by Crippen LogP contribution is 2.42. The second-order valence-corrected chi connectivity index (χ2v) is 13.7. The first-order chi connectivity index (χ1) is 25.3. The molecule has 4 heterocycles. The van der Waals surface area contributed by atoms with Crippen LogP contribution in [0.15, 0.2) is 176 Å². The molecule has 51 heavy (non-hydrogen) atoms. The molecule has 0 fully saturated rings. The van der Waals surface area contributed by atoms with E-state index in [9.17, 15) is 0 Å². The van der Waals surface area contributed by atoms with Gasteiger partial charge < -0.3 is 13.4 Å². The number of aromatic nitrogens is 3. The maximum absolute atomic E-state index is 2.53. The van der Waals surface area contributed by atoms with Crippen molar-refractivity contribution in [2.24, 2.45) is 0 Å². The van der Waals surface area contributed by atoms with Crippen molar-refractivity contribution in [1.82, 2.24) is 13.4 Å². The first kappa shape index (κ1) is 27.0. The third-order valence-corrected chi connectivity index (χ3v) is 11.2. The maximum atomic E-state index is 2.53. The molecule has 0 unspecified atom stereocenters. The van der Waals surface area contributed by atoms with E-state index >= 15 is 0 Å². The van der Waals surface area contributed by atoms with E-state index in [1.54, 1.807) is 0 Å². The van der Waals surface area contributed by atoms with Gasteiger partial charge in [-0.1, -0.05) is 133 Å². The predicted molar refractivity (Wildman–Crippen MR) is 216 cm³/mol. The van der Waals surface area contributed by atoms with Crippen molar-refractivity contribution in [2.75, 3.05) is 0 Å². The van der Waals surface area contributed by atoms with Gasteiger partial charge in [0.1, 0.15) is 0 Å². The Morgan fingerprint density at radius 3 is 1.27 bits per heavy atom. The zero-order chi connectivity index (χ0) is 33.2. The Balaban J connectivity index is 1.35. The van der Waals surface area contributed by atoms with Gasteiger partial charge in [-0.2, -0.15) is 0 Å². The average molecular weight is 648 g/mol. The number of benzene rings is 8. The van der Waals surface area contributed by atoms with Crippen LogP contribution in [0, 0.1) is 0 Å². The minimum absolute atomic E-state index is 1.15. The summed E-state index contributed by atoms with van der Waals surface area (Å²) in [5.74, 6) is 0. The first-order valence-corrected chi connectivity index (χ1v) is 17.6. The standard InChI is InChI=1S/C48H29N3/c1-2-12-30(13-3-1)31-24-26-32(27-25-31)49-41-21-7-6-16-35(41)40-28-45-46(29-44(40)49)51-43-23-9-5-15-34(43)37-18-11-20-39(48(37)51)38-19-10-17-36-33-14-4-8-22-42(33)50(45)47(36)38/h1-29H. The van der Waals surface area contributed by atoms with Crippen LogP contribution in [0.25, 0.3) is 104 Å². The van der Waals surface area contributed by atoms with Crippen molar-refractivity contribution < 1.29 is 0 Å². The van der Waals surface area contributed by atoms with E-state index in [1.807, 2.05) is 0 Å². The lowest BCUT2D eigenvalue weighted by molar-refractivity contribution is 1.18. The lowest BCUT2D eigenvalue weighted by atomic mass is 10.0. The van der Waals surface area contributed by atoms with Gasteiger partial charge in [0.15, 0.2) is 0 Å². The van der Waals surface area contributed by atoms with Crippen LogP contribution in [0.4, 0.5) is 0 Å². The Morgan fingerprint density at radius 2 is 0.686 bits per heavy atom. The lowest BCUT2D eigenvalue weighted by Gasteiger charge is -2.13. The van der Waals surface area contributed by atoms with E-state index in [0.29, 0.717) is 0 Å². The molecule has 0 radical (unpaired) electrons. The molecule has 12 aromatic rings. The van der Waals surface area contributed by atoms with Crippen molar-refractivity contribution >= 4 is 87.2 Å². The zero-order valence-electron chi connectivity index (χ0n) is 27.6. The van der Waals surface area contributed by atoms with Crippen LogP contribution in [-0.4, -0.2) is 13.4 Å². The summed E-state index contributed by atoms with van der Waals surface area (Å²) >= 11 is 0. The molecular weight excluding hydrogens is 619 g/mol. The number of nitrogens with zero attached hydrogens (tertiary/aromatic N) is 3. The highest BCUT2D eigenvalue weighted by molar-refractivity contribution is 6.26. The van der Waals surface area contributed by atoms with Gasteiger partial charge in [0.05, 0.1) is 44.1 Å². The molecule has 0 saturated heterocycles. The topological polar surface area (TPSA) is 13.8 Å². The molecule has 236 valence electrons. The number of rotatable bonds is 2. The average Bonchev–Trinajstić information content (AvgIpc) is 3.83. The van der Waals surface area contributed by atoms with Gasteiger partial charge in [-0.25, -0.2) is 0 Å². The first-order valence-electron chi connectivity index (χ1n) is 17.6. The monoisotopic (exact) mass is 647 g/mol. The fraction of sp³-hybridized carbons (Fsp3) is 0. The number of hydrogen-bond donors (Lipinski definition) is 0. The van der Waals surface area contributed by atoms with Crippen LogP contribution < -0.4 is 0 Å². The summed E-state index contributed by atoms with van der Waals surface area (Å²) in [4.78, 5) is 0. The van der Waals surface area contributed by atoms with E-state index in [2.05, 4.69) is 189 Å². The fourth-order valence-corrected chi connectivity index (χ4v) is 9.03. The fourth-order valence-electron chi connectivity index (χ4n) is 9.03. The summed E-state index contributed by atoms with van der Waals surface area (Å²) in [5, 5.41) is 10.1. The van der Waals surface area contributed by atoms with Gasteiger partial charge in [0.2, 0.25) is 0 Å². The van der Waals surface area contributed by atoms with Gasteiger partial charge in [-0.05, 0) is 53.6 Å². The van der Waals surface area contributed by atoms with Crippen molar-refractivity contribution in [3.05, 3.63) is 176 Å². The molecule has 12 rings (SSSR count). The Hall–Kier alpha value is -6.84. The summed E-state index contributed by atoms with van der Waals surface area (Å²) in [6.07, 6.45) is 0. The Morgan fingerprint density at radius 1 is 0.255 bits per heavy atom. The number of hydrogen-bond acceptors (Lipinski definition) is 0. The van der Waals surface area contributed by atoms with Crippen LogP contribution in [0.3, 0.4) is 0 Å². The Kier molecular flexibility index (Phi) is 5.23. The molecule has 0 bridgehead atoms. The summed E-state index contributed by atoms with van der Waals surface area (Å²) in [5.41, 5.74) is 13.2. The largest absolute Gasteiger partial charge is 0.309 e. The molecule has 4 aromatic heterocycles. The maximum Gasteiger partial charge on any atom is 0.0724 e. The predicted octanol–water partition coefficient (Wildman–Crippen LogP) is 12.7. The molecule has 8 aromatic carbocycles. The number of fused-ring (bicyclic) bond motifs is 13. The van der Waals surface area contributed by atoms with E-state index < -0.39 is 0 Å². The normalized spacial score (nSPS) is 12.3. The second kappa shape index (κ2) is 9.87. The summed E-state index contributed by atoms with van der Waals surface area (Å²) < 4.78 is 7.52. The third kappa shape index (κ3) is 3.52. The molecule has 0 saturated carbocycles. The summed E-state index contributed by atoms with van der Waals surface area (Å²) in [7, 11) is 0. The highest BCUT2D eigenvalue weighted by Gasteiger charge is 2.21. The van der Waals surface area contributed by atoms with Crippen LogP contribution in [0.2, 0.25) is 0 Å². The Bertz CT molecular complexity index is 3390. The van der Waals surface area contributed by atoms with E-state index in [4.69, 9.17) is 0 Å². The molecule has 0 amide bonds. The van der Waals surface area contributed by atoms with E-state index in [0.717, 1.165) is 5.69 Å². The molecule has 0 aliphatic rings. The third-order valence-electron chi connectivity index (χ3n) is 11.2. The smallest absolute Gasteiger partial charge is 0.0724 e. The molecular formula is C48H29N3. The zero-order valence-corrected chi connectivity index (χ0v) is 27.6. The van der Waals surface area contributed by atoms with Crippen molar-refractivity contribution in [3.63, 3.8) is 0 Å². The Labute approximate surface area is 292 Å². The van der Waals surface area contributed by atoms with E-state index in [1.165, 1.54) is 98.4 Å². The molecule has 0 aliphatic carbocycles. The van der Waals surface area contributed by atoms with Crippen LogP contribution in [-0.2, 0) is 0 Å². The lowest BCUT2D eigenvalue weighted by Crippen LogP contribution is -1.97. The van der Waals surface area contributed by atoms with Crippen LogP contribution in [0.5, 0.6) is 0 Å². The highest BCUT2D eigenvalue weighted by atomic mass is 15.0. The van der Waals surface area contributed by atoms with Gasteiger partial charge in [-0.3, -0.25) is 0 Å². The van der Waals surface area contributed by atoms with Crippen LogP contribution in [0.1, 0.15) is 0 Å². The SMILES string of the molecule is c1ccc(-c2ccc(-n3c4ccccc4c4cc5c(cc43)n3c4ccccc4c4cccc(c6cccc7c8ccccc8n5c76)c43)cc2)cc1. The van der Waals surface area contributed by atoms with Gasteiger partial charge >= 0.3 is 0 Å². The van der Waals surface area contributed by atoms with Crippen LogP contribution >= 0.6 is 0 Å². The molecule has 3 nitrogen and oxygen atoms in total. The van der Waals surface area contributed by atoms with Gasteiger partial charge in [0, 0.05) is 48.8 Å². The van der Waals surface area contributed by atoms with Gasteiger partial charge in [0.25, 0.3) is 0 Å². The molecule has 0 N–H and O–H groups in total.